The van der Waals surface area contributed by atoms with Crippen LogP contribution in [0, 0.1) is 17.8 Å². The van der Waals surface area contributed by atoms with E-state index in [9.17, 15) is 14.4 Å². The monoisotopic (exact) mass is 905 g/mol. The second-order valence-electron chi connectivity index (χ2n) is 21.4. The van der Waals surface area contributed by atoms with E-state index in [1.807, 2.05) is 0 Å². The lowest BCUT2D eigenvalue weighted by Crippen LogP contribution is -2.30. The number of ether oxygens (including phenoxy) is 3. The molecule has 1 atom stereocenters. The van der Waals surface area contributed by atoms with Crippen LogP contribution >= 0.6 is 0 Å². The van der Waals surface area contributed by atoms with Crippen LogP contribution in [0.25, 0.3) is 0 Å². The van der Waals surface area contributed by atoms with Gasteiger partial charge in [0.1, 0.15) is 13.2 Å². The second-order valence-corrected chi connectivity index (χ2v) is 21.4. The molecule has 0 saturated heterocycles. The van der Waals surface area contributed by atoms with Crippen molar-refractivity contribution < 1.29 is 28.6 Å². The first-order valence-electron chi connectivity index (χ1n) is 28.6. The van der Waals surface area contributed by atoms with Crippen LogP contribution < -0.4 is 0 Å². The minimum absolute atomic E-state index is 0.0637. The summed E-state index contributed by atoms with van der Waals surface area (Å²) < 4.78 is 16.9. The molecule has 0 aliphatic heterocycles. The molecule has 0 radical (unpaired) electrons. The third kappa shape index (κ3) is 51.4. The molecular formula is C58H112O6. The van der Waals surface area contributed by atoms with Crippen molar-refractivity contribution in [2.75, 3.05) is 13.2 Å². The van der Waals surface area contributed by atoms with E-state index >= 15 is 0 Å². The van der Waals surface area contributed by atoms with Gasteiger partial charge in [0.15, 0.2) is 6.10 Å². The van der Waals surface area contributed by atoms with Crippen LogP contribution in [0.3, 0.4) is 0 Å². The van der Waals surface area contributed by atoms with E-state index in [2.05, 4.69) is 41.5 Å². The standard InChI is InChI=1S/C58H112O6/c1-52(2)44-38-32-26-20-14-10-8-7-9-11-16-23-29-35-41-47-56(59)62-50-55(51-63-57(60)48-42-36-30-24-19-18-22-28-34-40-46-54(5)6)64-58(61)49-43-37-31-25-17-13-12-15-21-27-33-39-45-53(3)4/h52-55H,7-51H2,1-6H3/t55-/m0/s1. The molecule has 64 heavy (non-hydrogen) atoms. The molecule has 0 fully saturated rings. The maximum Gasteiger partial charge on any atom is 0.306 e. The fraction of sp³-hybridized carbons (Fsp3) is 0.948. The van der Waals surface area contributed by atoms with E-state index < -0.39 is 6.10 Å². The average molecular weight is 906 g/mol. The van der Waals surface area contributed by atoms with Crippen LogP contribution in [0.15, 0.2) is 0 Å². The number of carbonyl (C=O) groups is 3. The zero-order valence-corrected chi connectivity index (χ0v) is 44.1. The number of carbonyl (C=O) groups excluding carboxylic acids is 3. The molecule has 0 unspecified atom stereocenters. The Morgan fingerprint density at radius 1 is 0.266 bits per heavy atom. The van der Waals surface area contributed by atoms with Crippen LogP contribution in [0.5, 0.6) is 0 Å². The summed E-state index contributed by atoms with van der Waals surface area (Å²) in [7, 11) is 0. The molecule has 0 N–H and O–H groups in total. The van der Waals surface area contributed by atoms with Crippen LogP contribution in [-0.4, -0.2) is 37.2 Å². The number of hydrogen-bond donors (Lipinski definition) is 0. The lowest BCUT2D eigenvalue weighted by atomic mass is 10.0. The number of hydrogen-bond acceptors (Lipinski definition) is 6. The Balaban J connectivity index is 4.29. The van der Waals surface area contributed by atoms with E-state index in [1.54, 1.807) is 0 Å². The van der Waals surface area contributed by atoms with Gasteiger partial charge in [-0.25, -0.2) is 0 Å². The van der Waals surface area contributed by atoms with Crippen molar-refractivity contribution >= 4 is 17.9 Å². The first-order valence-corrected chi connectivity index (χ1v) is 28.6. The Bertz CT molecular complexity index is 991. The van der Waals surface area contributed by atoms with Gasteiger partial charge in [0.05, 0.1) is 0 Å². The summed E-state index contributed by atoms with van der Waals surface area (Å²) in [6.45, 7) is 13.8. The Morgan fingerprint density at radius 3 is 0.672 bits per heavy atom. The van der Waals surface area contributed by atoms with E-state index in [-0.39, 0.29) is 31.1 Å². The molecule has 6 nitrogen and oxygen atoms in total. The van der Waals surface area contributed by atoms with Gasteiger partial charge in [-0.2, -0.15) is 0 Å². The molecule has 0 amide bonds. The fourth-order valence-electron chi connectivity index (χ4n) is 8.82. The molecular weight excluding hydrogens is 793 g/mol. The van der Waals surface area contributed by atoms with Gasteiger partial charge in [-0.15, -0.1) is 0 Å². The molecule has 0 aromatic carbocycles. The molecule has 0 heterocycles. The maximum atomic E-state index is 12.8. The highest BCUT2D eigenvalue weighted by atomic mass is 16.6. The predicted octanol–water partition coefficient (Wildman–Crippen LogP) is 18.7. The highest BCUT2D eigenvalue weighted by Crippen LogP contribution is 2.18. The van der Waals surface area contributed by atoms with Gasteiger partial charge >= 0.3 is 17.9 Å². The van der Waals surface area contributed by atoms with Crippen molar-refractivity contribution in [1.82, 2.24) is 0 Å². The van der Waals surface area contributed by atoms with Crippen LogP contribution in [0.4, 0.5) is 0 Å². The number of unbranched alkanes of at least 4 members (excludes halogenated alkanes) is 34. The molecule has 0 spiro atoms. The van der Waals surface area contributed by atoms with Crippen molar-refractivity contribution in [2.45, 2.75) is 324 Å². The van der Waals surface area contributed by atoms with Crippen LogP contribution in [0.1, 0.15) is 318 Å². The van der Waals surface area contributed by atoms with Crippen LogP contribution in [-0.2, 0) is 28.6 Å². The lowest BCUT2D eigenvalue weighted by molar-refractivity contribution is -0.167. The molecule has 0 aromatic rings. The largest absolute Gasteiger partial charge is 0.462 e. The summed E-state index contributed by atoms with van der Waals surface area (Å²) >= 11 is 0. The zero-order chi connectivity index (χ0) is 47.0. The summed E-state index contributed by atoms with van der Waals surface area (Å²) in [6, 6.07) is 0. The Morgan fingerprint density at radius 2 is 0.453 bits per heavy atom. The van der Waals surface area contributed by atoms with Gasteiger partial charge in [0.2, 0.25) is 0 Å². The SMILES string of the molecule is CC(C)CCCCCCCCCCCCCCCCCC(=O)OC[C@@H](COC(=O)CCCCCCCCCCCCC(C)C)OC(=O)CCCCCCCCCCCCCCC(C)C. The minimum Gasteiger partial charge on any atom is -0.462 e. The van der Waals surface area contributed by atoms with Gasteiger partial charge in [-0.3, -0.25) is 14.4 Å². The lowest BCUT2D eigenvalue weighted by Gasteiger charge is -2.18. The molecule has 0 bridgehead atoms. The van der Waals surface area contributed by atoms with E-state index in [0.29, 0.717) is 19.3 Å². The summed E-state index contributed by atoms with van der Waals surface area (Å²) in [5.41, 5.74) is 0. The smallest absolute Gasteiger partial charge is 0.306 e. The van der Waals surface area contributed by atoms with Gasteiger partial charge in [-0.1, -0.05) is 279 Å². The zero-order valence-electron chi connectivity index (χ0n) is 44.1. The maximum absolute atomic E-state index is 12.8. The highest BCUT2D eigenvalue weighted by Gasteiger charge is 2.19. The number of rotatable bonds is 51. The Labute approximate surface area is 399 Å². The summed E-state index contributed by atoms with van der Waals surface area (Å²) in [6.07, 6.45) is 50.9. The topological polar surface area (TPSA) is 78.9 Å². The van der Waals surface area contributed by atoms with E-state index in [0.717, 1.165) is 75.5 Å². The van der Waals surface area contributed by atoms with Crippen LogP contribution in [0.2, 0.25) is 0 Å². The Hall–Kier alpha value is -1.59. The molecule has 0 rings (SSSR count). The average Bonchev–Trinajstić information content (AvgIpc) is 3.25. The molecule has 0 aliphatic carbocycles. The third-order valence-electron chi connectivity index (χ3n) is 13.1. The predicted molar refractivity (Wildman–Crippen MR) is 275 cm³/mol. The first kappa shape index (κ1) is 62.4. The van der Waals surface area contributed by atoms with Crippen molar-refractivity contribution in [3.8, 4) is 0 Å². The molecule has 6 heteroatoms. The van der Waals surface area contributed by atoms with E-state index in [1.165, 1.54) is 199 Å². The van der Waals surface area contributed by atoms with Gasteiger partial charge < -0.3 is 14.2 Å². The highest BCUT2D eigenvalue weighted by molar-refractivity contribution is 5.71. The van der Waals surface area contributed by atoms with Crippen molar-refractivity contribution in [3.05, 3.63) is 0 Å². The summed E-state index contributed by atoms with van der Waals surface area (Å²) in [5, 5.41) is 0. The van der Waals surface area contributed by atoms with Gasteiger partial charge in [0.25, 0.3) is 0 Å². The first-order chi connectivity index (χ1) is 31.1. The molecule has 0 saturated carbocycles. The second kappa shape index (κ2) is 49.3. The Kier molecular flexibility index (Phi) is 48.1. The number of esters is 3. The third-order valence-corrected chi connectivity index (χ3v) is 13.1. The molecule has 0 aromatic heterocycles. The summed E-state index contributed by atoms with van der Waals surface area (Å²) in [4.78, 5) is 38.1. The molecule has 380 valence electrons. The fourth-order valence-corrected chi connectivity index (χ4v) is 8.82. The molecule has 0 aliphatic rings. The quantitative estimate of drug-likeness (QED) is 0.0344. The van der Waals surface area contributed by atoms with Gasteiger partial charge in [-0.05, 0) is 37.0 Å². The van der Waals surface area contributed by atoms with Crippen molar-refractivity contribution in [1.29, 1.82) is 0 Å². The van der Waals surface area contributed by atoms with Crippen molar-refractivity contribution in [3.63, 3.8) is 0 Å². The normalized spacial score (nSPS) is 12.1. The summed E-state index contributed by atoms with van der Waals surface area (Å²) in [5.74, 6) is 1.65. The van der Waals surface area contributed by atoms with Gasteiger partial charge in [0, 0.05) is 19.3 Å². The van der Waals surface area contributed by atoms with Crippen molar-refractivity contribution in [2.24, 2.45) is 17.8 Å². The van der Waals surface area contributed by atoms with E-state index in [4.69, 9.17) is 14.2 Å². The minimum atomic E-state index is -0.763.